The standard InChI is InChI=1S/C17H15FN2O3/c18-13-3-5-14(6-4-13)23-8-7-20-15-9-12(17(19)22)2-1-11(15)10-16(20)21/h1-6,9-10,21H,7-8H2,(H2,19,22). The zero-order chi connectivity index (χ0) is 16.4. The van der Waals surface area contributed by atoms with Crippen LogP contribution in [0.5, 0.6) is 11.6 Å². The molecule has 0 spiro atoms. The van der Waals surface area contributed by atoms with Crippen molar-refractivity contribution in [3.63, 3.8) is 0 Å². The number of ether oxygens (including phenoxy) is 1. The highest BCUT2D eigenvalue weighted by atomic mass is 19.1. The summed E-state index contributed by atoms with van der Waals surface area (Å²) in [5.74, 6) is -0.239. The summed E-state index contributed by atoms with van der Waals surface area (Å²) in [5.41, 5.74) is 6.35. The van der Waals surface area contributed by atoms with Gasteiger partial charge >= 0.3 is 0 Å². The first-order valence-electron chi connectivity index (χ1n) is 7.05. The van der Waals surface area contributed by atoms with E-state index in [0.29, 0.717) is 23.4 Å². The summed E-state index contributed by atoms with van der Waals surface area (Å²) in [7, 11) is 0. The maximum Gasteiger partial charge on any atom is 0.248 e. The second-order valence-electron chi connectivity index (χ2n) is 5.09. The number of benzene rings is 2. The molecule has 1 aromatic heterocycles. The van der Waals surface area contributed by atoms with Gasteiger partial charge in [0.05, 0.1) is 12.1 Å². The van der Waals surface area contributed by atoms with E-state index in [1.54, 1.807) is 28.8 Å². The Balaban J connectivity index is 1.78. The van der Waals surface area contributed by atoms with Gasteiger partial charge in [0.15, 0.2) is 5.88 Å². The van der Waals surface area contributed by atoms with Crippen LogP contribution >= 0.6 is 0 Å². The summed E-state index contributed by atoms with van der Waals surface area (Å²) in [6.45, 7) is 0.651. The second kappa shape index (κ2) is 6.00. The van der Waals surface area contributed by atoms with Crippen molar-refractivity contribution in [1.82, 2.24) is 4.57 Å². The molecule has 118 valence electrons. The SMILES string of the molecule is NC(=O)c1ccc2cc(O)n(CCOc3ccc(F)cc3)c2c1. The van der Waals surface area contributed by atoms with Gasteiger partial charge in [-0.15, -0.1) is 0 Å². The molecule has 3 aromatic rings. The summed E-state index contributed by atoms with van der Waals surface area (Å²) in [5, 5.41) is 10.8. The van der Waals surface area contributed by atoms with Crippen LogP contribution in [0.2, 0.25) is 0 Å². The quantitative estimate of drug-likeness (QED) is 0.760. The normalized spacial score (nSPS) is 10.8. The number of primary amides is 1. The van der Waals surface area contributed by atoms with Crippen molar-refractivity contribution in [2.24, 2.45) is 5.73 Å². The van der Waals surface area contributed by atoms with Crippen LogP contribution in [-0.4, -0.2) is 22.2 Å². The van der Waals surface area contributed by atoms with Crippen LogP contribution in [0.3, 0.4) is 0 Å². The Labute approximate surface area is 131 Å². The van der Waals surface area contributed by atoms with Gasteiger partial charge in [0.1, 0.15) is 18.2 Å². The fourth-order valence-corrected chi connectivity index (χ4v) is 2.41. The molecule has 23 heavy (non-hydrogen) atoms. The molecule has 1 amide bonds. The molecule has 0 atom stereocenters. The van der Waals surface area contributed by atoms with E-state index in [1.165, 1.54) is 24.3 Å². The number of carbonyl (C=O) groups is 1. The fraction of sp³-hybridized carbons (Fsp3) is 0.118. The van der Waals surface area contributed by atoms with Crippen molar-refractivity contribution in [1.29, 1.82) is 0 Å². The molecule has 0 radical (unpaired) electrons. The summed E-state index contributed by atoms with van der Waals surface area (Å²) in [6, 6.07) is 12.3. The second-order valence-corrected chi connectivity index (χ2v) is 5.09. The van der Waals surface area contributed by atoms with Gasteiger partial charge in [0.2, 0.25) is 5.91 Å². The lowest BCUT2D eigenvalue weighted by Crippen LogP contribution is -2.11. The lowest BCUT2D eigenvalue weighted by molar-refractivity contribution is 0.100. The number of nitrogens with two attached hydrogens (primary N) is 1. The van der Waals surface area contributed by atoms with E-state index in [4.69, 9.17) is 10.5 Å². The van der Waals surface area contributed by atoms with Crippen LogP contribution in [0, 0.1) is 5.82 Å². The third-order valence-corrected chi connectivity index (χ3v) is 3.56. The first kappa shape index (κ1) is 14.9. The smallest absolute Gasteiger partial charge is 0.248 e. The van der Waals surface area contributed by atoms with Gasteiger partial charge in [-0.3, -0.25) is 4.79 Å². The highest BCUT2D eigenvalue weighted by Gasteiger charge is 2.10. The lowest BCUT2D eigenvalue weighted by atomic mass is 10.1. The topological polar surface area (TPSA) is 77.5 Å². The first-order chi connectivity index (χ1) is 11.0. The maximum absolute atomic E-state index is 12.8. The van der Waals surface area contributed by atoms with Crippen molar-refractivity contribution in [3.8, 4) is 11.6 Å². The van der Waals surface area contributed by atoms with Crippen LogP contribution in [0.1, 0.15) is 10.4 Å². The van der Waals surface area contributed by atoms with Crippen LogP contribution < -0.4 is 10.5 Å². The minimum Gasteiger partial charge on any atom is -0.494 e. The number of hydrogen-bond acceptors (Lipinski definition) is 3. The number of rotatable bonds is 5. The Morgan fingerprint density at radius 2 is 1.91 bits per heavy atom. The summed E-state index contributed by atoms with van der Waals surface area (Å²) in [4.78, 5) is 11.3. The molecule has 0 unspecified atom stereocenters. The van der Waals surface area contributed by atoms with Crippen molar-refractivity contribution in [3.05, 3.63) is 59.9 Å². The molecule has 3 rings (SSSR count). The Morgan fingerprint density at radius 3 is 2.61 bits per heavy atom. The van der Waals surface area contributed by atoms with Gasteiger partial charge in [-0.2, -0.15) is 0 Å². The Hall–Kier alpha value is -3.02. The van der Waals surface area contributed by atoms with Crippen LogP contribution in [-0.2, 0) is 6.54 Å². The van der Waals surface area contributed by atoms with Crippen molar-refractivity contribution < 1.29 is 19.0 Å². The first-order valence-corrected chi connectivity index (χ1v) is 7.05. The molecule has 3 N–H and O–H groups in total. The number of fused-ring (bicyclic) bond motifs is 1. The molecule has 0 aliphatic heterocycles. The number of aromatic hydroxyl groups is 1. The van der Waals surface area contributed by atoms with E-state index in [2.05, 4.69) is 0 Å². The van der Waals surface area contributed by atoms with E-state index >= 15 is 0 Å². The van der Waals surface area contributed by atoms with Crippen LogP contribution in [0.4, 0.5) is 4.39 Å². The highest BCUT2D eigenvalue weighted by molar-refractivity contribution is 5.97. The van der Waals surface area contributed by atoms with Gasteiger partial charge < -0.3 is 20.1 Å². The van der Waals surface area contributed by atoms with E-state index < -0.39 is 5.91 Å². The van der Waals surface area contributed by atoms with Gasteiger partial charge in [-0.1, -0.05) is 6.07 Å². The number of aromatic nitrogens is 1. The molecule has 5 nitrogen and oxygen atoms in total. The molecule has 0 fully saturated rings. The van der Waals surface area contributed by atoms with Crippen molar-refractivity contribution in [2.75, 3.05) is 6.61 Å². The Bertz CT molecular complexity index is 856. The average Bonchev–Trinajstić information content (AvgIpc) is 2.84. The van der Waals surface area contributed by atoms with Gasteiger partial charge in [0.25, 0.3) is 0 Å². The summed E-state index contributed by atoms with van der Waals surface area (Å²) < 4.78 is 20.0. The molecule has 1 heterocycles. The summed E-state index contributed by atoms with van der Waals surface area (Å²) in [6.07, 6.45) is 0. The maximum atomic E-state index is 12.8. The monoisotopic (exact) mass is 314 g/mol. The molecule has 0 aliphatic rings. The highest BCUT2D eigenvalue weighted by Crippen LogP contribution is 2.25. The molecule has 0 aliphatic carbocycles. The minimum atomic E-state index is -0.526. The average molecular weight is 314 g/mol. The zero-order valence-electron chi connectivity index (χ0n) is 12.2. The Kier molecular flexibility index (Phi) is 3.89. The Morgan fingerprint density at radius 1 is 1.17 bits per heavy atom. The molecule has 0 saturated carbocycles. The van der Waals surface area contributed by atoms with Crippen LogP contribution in [0.25, 0.3) is 10.9 Å². The van der Waals surface area contributed by atoms with Gasteiger partial charge in [-0.25, -0.2) is 4.39 Å². The third kappa shape index (κ3) is 3.11. The number of hydrogen-bond donors (Lipinski definition) is 2. The van der Waals surface area contributed by atoms with Crippen molar-refractivity contribution in [2.45, 2.75) is 6.54 Å². The molecule has 6 heteroatoms. The number of amides is 1. The third-order valence-electron chi connectivity index (χ3n) is 3.56. The number of nitrogens with zero attached hydrogens (tertiary/aromatic N) is 1. The van der Waals surface area contributed by atoms with Crippen molar-refractivity contribution >= 4 is 16.8 Å². The fourth-order valence-electron chi connectivity index (χ4n) is 2.41. The van der Waals surface area contributed by atoms with E-state index in [1.807, 2.05) is 0 Å². The van der Waals surface area contributed by atoms with Crippen LogP contribution in [0.15, 0.2) is 48.5 Å². The molecule has 0 bridgehead atoms. The number of halogens is 1. The number of carbonyl (C=O) groups excluding carboxylic acids is 1. The van der Waals surface area contributed by atoms with Gasteiger partial charge in [0, 0.05) is 17.0 Å². The van der Waals surface area contributed by atoms with E-state index in [-0.39, 0.29) is 18.3 Å². The molecule has 2 aromatic carbocycles. The predicted octanol–water partition coefficient (Wildman–Crippen LogP) is 2.66. The zero-order valence-corrected chi connectivity index (χ0v) is 12.2. The molecule has 0 saturated heterocycles. The van der Waals surface area contributed by atoms with E-state index in [9.17, 15) is 14.3 Å². The minimum absolute atomic E-state index is 0.0735. The largest absolute Gasteiger partial charge is 0.494 e. The summed E-state index contributed by atoms with van der Waals surface area (Å²) >= 11 is 0. The van der Waals surface area contributed by atoms with E-state index in [0.717, 1.165) is 5.39 Å². The molecular formula is C17H15FN2O3. The predicted molar refractivity (Wildman–Crippen MR) is 84.0 cm³/mol. The van der Waals surface area contributed by atoms with Gasteiger partial charge in [-0.05, 0) is 36.4 Å². The lowest BCUT2D eigenvalue weighted by Gasteiger charge is -2.09. The molecular weight excluding hydrogens is 299 g/mol.